The van der Waals surface area contributed by atoms with Crippen molar-refractivity contribution >= 4 is 0 Å². The molecule has 0 saturated carbocycles. The van der Waals surface area contributed by atoms with Gasteiger partial charge in [-0.1, -0.05) is 39.2 Å². The van der Waals surface area contributed by atoms with E-state index in [4.69, 9.17) is 4.74 Å². The van der Waals surface area contributed by atoms with Gasteiger partial charge in [-0.15, -0.1) is 0 Å². The van der Waals surface area contributed by atoms with Crippen LogP contribution < -0.4 is 5.32 Å². The second-order valence-corrected chi connectivity index (χ2v) is 4.71. The maximum atomic E-state index is 5.45. The van der Waals surface area contributed by atoms with Gasteiger partial charge in [0.1, 0.15) is 0 Å². The molecule has 16 heavy (non-hydrogen) atoms. The Hall–Kier alpha value is -0.340. The van der Waals surface area contributed by atoms with Crippen LogP contribution in [0, 0.1) is 0 Å². The third-order valence-corrected chi connectivity index (χ3v) is 3.14. The Morgan fingerprint density at radius 2 is 2.19 bits per heavy atom. The summed E-state index contributed by atoms with van der Waals surface area (Å²) in [6.45, 7) is 7.29. The van der Waals surface area contributed by atoms with E-state index in [0.29, 0.717) is 6.04 Å². The minimum Gasteiger partial charge on any atom is -0.377 e. The van der Waals surface area contributed by atoms with Crippen LogP contribution in [0.2, 0.25) is 0 Å². The first-order valence-corrected chi connectivity index (χ1v) is 6.85. The molecule has 2 heteroatoms. The molecule has 0 aliphatic carbocycles. The summed E-state index contributed by atoms with van der Waals surface area (Å²) < 4.78 is 5.45. The van der Waals surface area contributed by atoms with Crippen LogP contribution in [0.4, 0.5) is 0 Å². The fourth-order valence-corrected chi connectivity index (χ4v) is 2.15. The number of hydrogen-bond acceptors (Lipinski definition) is 2. The van der Waals surface area contributed by atoms with Crippen molar-refractivity contribution in [2.75, 3.05) is 19.8 Å². The normalized spacial score (nSPS) is 18.2. The summed E-state index contributed by atoms with van der Waals surface area (Å²) in [7, 11) is 0. The van der Waals surface area contributed by atoms with Gasteiger partial charge in [-0.25, -0.2) is 0 Å². The Morgan fingerprint density at radius 3 is 2.81 bits per heavy atom. The van der Waals surface area contributed by atoms with E-state index < -0.39 is 0 Å². The zero-order valence-electron chi connectivity index (χ0n) is 10.9. The molecule has 1 aliphatic rings. The van der Waals surface area contributed by atoms with Gasteiger partial charge < -0.3 is 10.1 Å². The first-order chi connectivity index (χ1) is 7.86. The molecule has 1 aliphatic heterocycles. The fraction of sp³-hybridized carbons (Fsp3) is 0.857. The lowest BCUT2D eigenvalue weighted by molar-refractivity contribution is 0.148. The highest BCUT2D eigenvalue weighted by atomic mass is 16.5. The standard InChI is InChI=1S/C14H27NO/c1-3-5-9-14(7-4-2)15-11-13-8-6-10-16-12-13/h8,14-15H,3-7,9-12H2,1-2H3. The van der Waals surface area contributed by atoms with Crippen molar-refractivity contribution in [2.24, 2.45) is 0 Å². The van der Waals surface area contributed by atoms with Gasteiger partial charge in [0.2, 0.25) is 0 Å². The lowest BCUT2D eigenvalue weighted by Crippen LogP contribution is -2.32. The largest absolute Gasteiger partial charge is 0.377 e. The van der Waals surface area contributed by atoms with E-state index in [1.807, 2.05) is 0 Å². The molecular weight excluding hydrogens is 198 g/mol. The first kappa shape index (κ1) is 13.7. The zero-order chi connectivity index (χ0) is 11.6. The van der Waals surface area contributed by atoms with E-state index in [2.05, 4.69) is 25.2 Å². The average Bonchev–Trinajstić information content (AvgIpc) is 2.34. The van der Waals surface area contributed by atoms with Gasteiger partial charge in [0.05, 0.1) is 13.2 Å². The molecule has 1 N–H and O–H groups in total. The number of ether oxygens (including phenoxy) is 1. The Bertz CT molecular complexity index is 201. The lowest BCUT2D eigenvalue weighted by Gasteiger charge is -2.20. The molecule has 1 heterocycles. The highest BCUT2D eigenvalue weighted by Gasteiger charge is 2.08. The van der Waals surface area contributed by atoms with Gasteiger partial charge in [-0.05, 0) is 24.8 Å². The quantitative estimate of drug-likeness (QED) is 0.640. The van der Waals surface area contributed by atoms with Crippen LogP contribution in [0.15, 0.2) is 11.6 Å². The summed E-state index contributed by atoms with van der Waals surface area (Å²) in [5.74, 6) is 0. The third-order valence-electron chi connectivity index (χ3n) is 3.14. The molecule has 0 amide bonds. The average molecular weight is 225 g/mol. The molecular formula is C14H27NO. The maximum absolute atomic E-state index is 5.45. The minimum absolute atomic E-state index is 0.702. The van der Waals surface area contributed by atoms with E-state index in [1.165, 1.54) is 37.7 Å². The molecule has 0 fully saturated rings. The minimum atomic E-state index is 0.702. The number of nitrogens with one attached hydrogen (secondary N) is 1. The van der Waals surface area contributed by atoms with Crippen LogP contribution in [0.25, 0.3) is 0 Å². The van der Waals surface area contributed by atoms with Crippen molar-refractivity contribution in [1.82, 2.24) is 5.32 Å². The lowest BCUT2D eigenvalue weighted by atomic mass is 10.0. The van der Waals surface area contributed by atoms with E-state index in [1.54, 1.807) is 0 Å². The van der Waals surface area contributed by atoms with Gasteiger partial charge in [-0.2, -0.15) is 0 Å². The molecule has 94 valence electrons. The molecule has 1 atom stereocenters. The smallest absolute Gasteiger partial charge is 0.0689 e. The van der Waals surface area contributed by atoms with Crippen LogP contribution in [-0.4, -0.2) is 25.8 Å². The van der Waals surface area contributed by atoms with Gasteiger partial charge in [-0.3, -0.25) is 0 Å². The Balaban J connectivity index is 2.22. The van der Waals surface area contributed by atoms with Gasteiger partial charge in [0, 0.05) is 12.6 Å². The van der Waals surface area contributed by atoms with Crippen molar-refractivity contribution in [3.8, 4) is 0 Å². The van der Waals surface area contributed by atoms with Crippen molar-refractivity contribution in [3.05, 3.63) is 11.6 Å². The highest BCUT2D eigenvalue weighted by Crippen LogP contribution is 2.09. The first-order valence-electron chi connectivity index (χ1n) is 6.85. The molecule has 0 bridgehead atoms. The zero-order valence-corrected chi connectivity index (χ0v) is 10.9. The second-order valence-electron chi connectivity index (χ2n) is 4.71. The molecule has 1 rings (SSSR count). The molecule has 0 saturated heterocycles. The van der Waals surface area contributed by atoms with Crippen LogP contribution >= 0.6 is 0 Å². The number of unbranched alkanes of at least 4 members (excludes halogenated alkanes) is 1. The Labute approximate surface area is 100 Å². The van der Waals surface area contributed by atoms with Gasteiger partial charge in [0.25, 0.3) is 0 Å². The summed E-state index contributed by atoms with van der Waals surface area (Å²) >= 11 is 0. The molecule has 0 aromatic rings. The molecule has 0 aromatic carbocycles. The van der Waals surface area contributed by atoms with E-state index in [0.717, 1.165) is 26.2 Å². The summed E-state index contributed by atoms with van der Waals surface area (Å²) in [6, 6.07) is 0.702. The highest BCUT2D eigenvalue weighted by molar-refractivity contribution is 5.07. The topological polar surface area (TPSA) is 21.3 Å². The predicted molar refractivity (Wildman–Crippen MR) is 69.7 cm³/mol. The molecule has 1 unspecified atom stereocenters. The van der Waals surface area contributed by atoms with Crippen molar-refractivity contribution in [1.29, 1.82) is 0 Å². The van der Waals surface area contributed by atoms with Gasteiger partial charge >= 0.3 is 0 Å². The molecule has 0 spiro atoms. The van der Waals surface area contributed by atoms with E-state index in [9.17, 15) is 0 Å². The summed E-state index contributed by atoms with van der Waals surface area (Å²) in [4.78, 5) is 0. The van der Waals surface area contributed by atoms with Crippen molar-refractivity contribution in [3.63, 3.8) is 0 Å². The summed E-state index contributed by atoms with van der Waals surface area (Å²) in [5, 5.41) is 3.68. The summed E-state index contributed by atoms with van der Waals surface area (Å²) in [5.41, 5.74) is 1.43. The number of rotatable bonds is 8. The van der Waals surface area contributed by atoms with Crippen LogP contribution in [0.1, 0.15) is 52.4 Å². The third kappa shape index (κ3) is 5.66. The maximum Gasteiger partial charge on any atom is 0.0689 e. The monoisotopic (exact) mass is 225 g/mol. The van der Waals surface area contributed by atoms with E-state index in [-0.39, 0.29) is 0 Å². The van der Waals surface area contributed by atoms with Crippen molar-refractivity contribution < 1.29 is 4.74 Å². The number of hydrogen-bond donors (Lipinski definition) is 1. The second kappa shape index (κ2) is 8.77. The molecule has 0 radical (unpaired) electrons. The van der Waals surface area contributed by atoms with Gasteiger partial charge in [0.15, 0.2) is 0 Å². The molecule has 2 nitrogen and oxygen atoms in total. The SMILES string of the molecule is CCCCC(CCC)NCC1=CCCOC1. The summed E-state index contributed by atoms with van der Waals surface area (Å²) in [6.07, 6.45) is 9.95. The van der Waals surface area contributed by atoms with Crippen LogP contribution in [-0.2, 0) is 4.74 Å². The Morgan fingerprint density at radius 1 is 1.31 bits per heavy atom. The Kier molecular flexibility index (Phi) is 7.52. The molecule has 0 aromatic heterocycles. The van der Waals surface area contributed by atoms with Crippen LogP contribution in [0.5, 0.6) is 0 Å². The predicted octanol–water partition coefficient (Wildman–Crippen LogP) is 3.28. The van der Waals surface area contributed by atoms with Crippen molar-refractivity contribution in [2.45, 2.75) is 58.4 Å². The van der Waals surface area contributed by atoms with E-state index >= 15 is 0 Å². The fourth-order valence-electron chi connectivity index (χ4n) is 2.15. The van der Waals surface area contributed by atoms with Crippen LogP contribution in [0.3, 0.4) is 0 Å².